The summed E-state index contributed by atoms with van der Waals surface area (Å²) in [5.74, 6) is 1.54. The predicted molar refractivity (Wildman–Crippen MR) is 122 cm³/mol. The van der Waals surface area contributed by atoms with Gasteiger partial charge in [0.05, 0.1) is 11.5 Å². The second-order valence-electron chi connectivity index (χ2n) is 7.61. The van der Waals surface area contributed by atoms with Gasteiger partial charge in [-0.1, -0.05) is 49.7 Å². The molecule has 5 nitrogen and oxygen atoms in total. The number of nitrogens with zero attached hydrogens (tertiary/aromatic N) is 1. The Morgan fingerprint density at radius 1 is 1.06 bits per heavy atom. The van der Waals surface area contributed by atoms with Crippen molar-refractivity contribution in [3.05, 3.63) is 99.1 Å². The lowest BCUT2D eigenvalue weighted by Gasteiger charge is -2.16. The molecule has 31 heavy (non-hydrogen) atoms. The van der Waals surface area contributed by atoms with E-state index in [0.717, 1.165) is 57.7 Å². The summed E-state index contributed by atoms with van der Waals surface area (Å²) in [4.78, 5) is 10.9. The third kappa shape index (κ3) is 4.31. The molecule has 0 N–H and O–H groups in total. The quantitative estimate of drug-likeness (QED) is 0.257. The lowest BCUT2D eigenvalue weighted by Crippen LogP contribution is -1.99. The Morgan fingerprint density at radius 2 is 1.90 bits per heavy atom. The number of allylic oxidation sites excluding steroid dienone is 1. The van der Waals surface area contributed by atoms with Crippen LogP contribution in [0.3, 0.4) is 0 Å². The second-order valence-corrected chi connectivity index (χ2v) is 7.61. The van der Waals surface area contributed by atoms with Gasteiger partial charge in [0.1, 0.15) is 18.1 Å². The van der Waals surface area contributed by atoms with E-state index >= 15 is 0 Å². The molecular formula is C26H25NO4. The molecule has 0 amide bonds. The number of hydrogen-bond donors (Lipinski definition) is 0. The molecule has 158 valence electrons. The average molecular weight is 415 g/mol. The summed E-state index contributed by atoms with van der Waals surface area (Å²) < 4.78 is 12.1. The SMILES string of the molecule is CCCCOc1ccc2c(c1)OCc1ccccc1/C2=C(/C)c1cccc([N+](=O)[O-])c1. The molecule has 0 aliphatic carbocycles. The van der Waals surface area contributed by atoms with Crippen LogP contribution in [0.1, 0.15) is 48.9 Å². The molecule has 4 rings (SSSR count). The molecule has 0 atom stereocenters. The monoisotopic (exact) mass is 415 g/mol. The van der Waals surface area contributed by atoms with Crippen molar-refractivity contribution in [3.63, 3.8) is 0 Å². The summed E-state index contributed by atoms with van der Waals surface area (Å²) in [6, 6.07) is 20.8. The fraction of sp³-hybridized carbons (Fsp3) is 0.231. The fourth-order valence-corrected chi connectivity index (χ4v) is 3.84. The summed E-state index contributed by atoms with van der Waals surface area (Å²) in [5.41, 5.74) is 5.98. The van der Waals surface area contributed by atoms with Gasteiger partial charge < -0.3 is 9.47 Å². The van der Waals surface area contributed by atoms with Gasteiger partial charge in [-0.05, 0) is 53.3 Å². The molecule has 0 aromatic heterocycles. The molecule has 0 fully saturated rings. The number of hydrogen-bond acceptors (Lipinski definition) is 4. The van der Waals surface area contributed by atoms with Gasteiger partial charge in [0.15, 0.2) is 0 Å². The van der Waals surface area contributed by atoms with E-state index in [1.165, 1.54) is 6.07 Å². The van der Waals surface area contributed by atoms with Gasteiger partial charge in [-0.15, -0.1) is 0 Å². The van der Waals surface area contributed by atoms with Gasteiger partial charge in [-0.25, -0.2) is 0 Å². The highest BCUT2D eigenvalue weighted by Crippen LogP contribution is 2.42. The van der Waals surface area contributed by atoms with Crippen molar-refractivity contribution in [2.45, 2.75) is 33.3 Å². The number of fused-ring (bicyclic) bond motifs is 2. The van der Waals surface area contributed by atoms with Crippen LogP contribution in [0.25, 0.3) is 11.1 Å². The Labute approximate surface area is 182 Å². The Bertz CT molecular complexity index is 1150. The molecular weight excluding hydrogens is 390 g/mol. The van der Waals surface area contributed by atoms with E-state index in [4.69, 9.17) is 9.47 Å². The summed E-state index contributed by atoms with van der Waals surface area (Å²) in [6.07, 6.45) is 2.08. The maximum atomic E-state index is 11.3. The molecule has 0 saturated heterocycles. The Kier molecular flexibility index (Phi) is 6.03. The van der Waals surface area contributed by atoms with Crippen molar-refractivity contribution >= 4 is 16.8 Å². The Balaban J connectivity index is 1.87. The Hall–Kier alpha value is -3.60. The Morgan fingerprint density at radius 3 is 2.71 bits per heavy atom. The van der Waals surface area contributed by atoms with Gasteiger partial charge in [-0.2, -0.15) is 0 Å². The minimum atomic E-state index is -0.362. The lowest BCUT2D eigenvalue weighted by molar-refractivity contribution is -0.384. The van der Waals surface area contributed by atoms with Crippen molar-refractivity contribution in [2.24, 2.45) is 0 Å². The molecule has 1 heterocycles. The third-order valence-electron chi connectivity index (χ3n) is 5.52. The van der Waals surface area contributed by atoms with Crippen molar-refractivity contribution < 1.29 is 14.4 Å². The van der Waals surface area contributed by atoms with Crippen LogP contribution in [0.5, 0.6) is 11.5 Å². The van der Waals surface area contributed by atoms with E-state index in [1.807, 2.05) is 43.3 Å². The zero-order valence-corrected chi connectivity index (χ0v) is 17.8. The molecule has 1 aliphatic rings. The molecule has 1 aliphatic heterocycles. The summed E-state index contributed by atoms with van der Waals surface area (Å²) in [5, 5.41) is 11.3. The maximum absolute atomic E-state index is 11.3. The molecule has 0 unspecified atom stereocenters. The van der Waals surface area contributed by atoms with Gasteiger partial charge in [-0.3, -0.25) is 10.1 Å². The van der Waals surface area contributed by atoms with E-state index in [0.29, 0.717) is 13.2 Å². The molecule has 3 aromatic carbocycles. The standard InChI is InChI=1S/C26H25NO4/c1-3-4-14-30-22-12-13-24-25(16-22)31-17-20-8-5-6-11-23(20)26(24)18(2)19-9-7-10-21(15-19)27(28)29/h5-13,15-16H,3-4,14,17H2,1-2H3/b26-18+. The van der Waals surface area contributed by atoms with Gasteiger partial charge in [0.2, 0.25) is 0 Å². The number of rotatable bonds is 6. The van der Waals surface area contributed by atoms with Crippen molar-refractivity contribution in [1.29, 1.82) is 0 Å². The first-order chi connectivity index (χ1) is 15.1. The highest BCUT2D eigenvalue weighted by atomic mass is 16.6. The summed E-state index contributed by atoms with van der Waals surface area (Å²) in [7, 11) is 0. The van der Waals surface area contributed by atoms with Gasteiger partial charge >= 0.3 is 0 Å². The lowest BCUT2D eigenvalue weighted by atomic mass is 9.88. The number of benzene rings is 3. The molecule has 0 saturated carbocycles. The van der Waals surface area contributed by atoms with Gasteiger partial charge in [0, 0.05) is 23.8 Å². The number of non-ortho nitro benzene ring substituents is 1. The highest BCUT2D eigenvalue weighted by molar-refractivity contribution is 6.00. The van der Waals surface area contributed by atoms with Crippen molar-refractivity contribution in [2.75, 3.05) is 6.61 Å². The van der Waals surface area contributed by atoms with E-state index in [-0.39, 0.29) is 10.6 Å². The van der Waals surface area contributed by atoms with E-state index in [1.54, 1.807) is 12.1 Å². The van der Waals surface area contributed by atoms with Crippen LogP contribution >= 0.6 is 0 Å². The van der Waals surface area contributed by atoms with Gasteiger partial charge in [0.25, 0.3) is 5.69 Å². The smallest absolute Gasteiger partial charge is 0.270 e. The molecule has 0 spiro atoms. The van der Waals surface area contributed by atoms with Crippen LogP contribution in [0.4, 0.5) is 5.69 Å². The van der Waals surface area contributed by atoms with Crippen LogP contribution in [0.15, 0.2) is 66.7 Å². The van der Waals surface area contributed by atoms with E-state index < -0.39 is 0 Å². The minimum absolute atomic E-state index is 0.0792. The molecule has 0 radical (unpaired) electrons. The number of unbranched alkanes of at least 4 members (excludes halogenated alkanes) is 1. The first-order valence-electron chi connectivity index (χ1n) is 10.5. The largest absolute Gasteiger partial charge is 0.493 e. The summed E-state index contributed by atoms with van der Waals surface area (Å²) in [6.45, 7) is 5.26. The zero-order valence-electron chi connectivity index (χ0n) is 17.8. The van der Waals surface area contributed by atoms with Crippen LogP contribution in [-0.2, 0) is 6.61 Å². The molecule has 0 bridgehead atoms. The number of nitro benzene ring substituents is 1. The summed E-state index contributed by atoms with van der Waals surface area (Å²) >= 11 is 0. The molecule has 5 heteroatoms. The number of nitro groups is 1. The van der Waals surface area contributed by atoms with E-state index in [9.17, 15) is 10.1 Å². The predicted octanol–water partition coefficient (Wildman–Crippen LogP) is 6.65. The van der Waals surface area contributed by atoms with Crippen molar-refractivity contribution in [1.82, 2.24) is 0 Å². The zero-order chi connectivity index (χ0) is 21.8. The number of ether oxygens (including phenoxy) is 2. The van der Waals surface area contributed by atoms with E-state index in [2.05, 4.69) is 19.1 Å². The molecule has 3 aromatic rings. The highest BCUT2D eigenvalue weighted by Gasteiger charge is 2.22. The van der Waals surface area contributed by atoms with Crippen molar-refractivity contribution in [3.8, 4) is 11.5 Å². The third-order valence-corrected chi connectivity index (χ3v) is 5.52. The maximum Gasteiger partial charge on any atom is 0.270 e. The normalized spacial score (nSPS) is 14.0. The van der Waals surface area contributed by atoms with Crippen LogP contribution in [0, 0.1) is 10.1 Å². The second kappa shape index (κ2) is 9.04. The van der Waals surface area contributed by atoms with Crippen LogP contribution < -0.4 is 9.47 Å². The first kappa shape index (κ1) is 20.7. The van der Waals surface area contributed by atoms with Crippen LogP contribution in [-0.4, -0.2) is 11.5 Å². The minimum Gasteiger partial charge on any atom is -0.493 e. The first-order valence-corrected chi connectivity index (χ1v) is 10.5. The fourth-order valence-electron chi connectivity index (χ4n) is 3.84. The average Bonchev–Trinajstić information content (AvgIpc) is 2.95. The van der Waals surface area contributed by atoms with Crippen LogP contribution in [0.2, 0.25) is 0 Å². The topological polar surface area (TPSA) is 61.6 Å².